The molecule has 2 atom stereocenters. The molecule has 2 aliphatic rings. The topological polar surface area (TPSA) is 74.0 Å². The Bertz CT molecular complexity index is 888. The van der Waals surface area contributed by atoms with E-state index in [9.17, 15) is 18.4 Å². The van der Waals surface area contributed by atoms with Crippen LogP contribution in [0.2, 0.25) is 0 Å². The predicted octanol–water partition coefficient (Wildman–Crippen LogP) is 3.28. The van der Waals surface area contributed by atoms with Crippen molar-refractivity contribution in [3.05, 3.63) is 34.4 Å². The lowest BCUT2D eigenvalue weighted by molar-refractivity contribution is -0.139. The Hall–Kier alpha value is -1.96. The van der Waals surface area contributed by atoms with Crippen molar-refractivity contribution >= 4 is 38.6 Å². The van der Waals surface area contributed by atoms with E-state index in [0.717, 1.165) is 20.9 Å². The van der Waals surface area contributed by atoms with Gasteiger partial charge in [0.1, 0.15) is 12.1 Å². The second kappa shape index (κ2) is 6.89. The quantitative estimate of drug-likeness (QED) is 0.686. The molecule has 5 nitrogen and oxygen atoms in total. The van der Waals surface area contributed by atoms with Crippen LogP contribution in [0.5, 0.6) is 0 Å². The van der Waals surface area contributed by atoms with Gasteiger partial charge in [0.25, 0.3) is 0 Å². The molecular formula is C19H20BrF2N3O2. The van der Waals surface area contributed by atoms with Crippen molar-refractivity contribution in [3.63, 3.8) is 0 Å². The highest BCUT2D eigenvalue weighted by Gasteiger charge is 2.43. The number of nitrogens with one attached hydrogen (secondary N) is 3. The first-order valence-corrected chi connectivity index (χ1v) is 9.86. The molecule has 1 aromatic heterocycles. The van der Waals surface area contributed by atoms with Crippen molar-refractivity contribution < 1.29 is 18.4 Å². The minimum atomic E-state index is -2.65. The number of carbonyl (C=O) groups is 2. The highest BCUT2D eigenvalue weighted by molar-refractivity contribution is 9.10. The zero-order valence-electron chi connectivity index (χ0n) is 14.5. The van der Waals surface area contributed by atoms with Crippen LogP contribution in [0, 0.1) is 5.92 Å². The molecule has 144 valence electrons. The third-order valence-corrected chi connectivity index (χ3v) is 6.09. The number of halogens is 3. The zero-order chi connectivity index (χ0) is 19.2. The van der Waals surface area contributed by atoms with E-state index in [2.05, 4.69) is 31.5 Å². The lowest BCUT2D eigenvalue weighted by atomic mass is 9.80. The average molecular weight is 440 g/mol. The Balaban J connectivity index is 1.45. The number of rotatable bonds is 3. The molecule has 8 heteroatoms. The number of carbonyl (C=O) groups excluding carboxylic acids is 2. The number of alkyl halides is 2. The van der Waals surface area contributed by atoms with Crippen LogP contribution in [0.4, 0.5) is 8.78 Å². The summed E-state index contributed by atoms with van der Waals surface area (Å²) in [4.78, 5) is 28.2. The Morgan fingerprint density at radius 3 is 2.59 bits per heavy atom. The Morgan fingerprint density at radius 2 is 1.85 bits per heavy atom. The third kappa shape index (κ3) is 3.72. The van der Waals surface area contributed by atoms with Gasteiger partial charge in [0.2, 0.25) is 17.7 Å². The van der Waals surface area contributed by atoms with Crippen molar-refractivity contribution in [3.8, 4) is 0 Å². The van der Waals surface area contributed by atoms with Gasteiger partial charge in [0.15, 0.2) is 0 Å². The van der Waals surface area contributed by atoms with Crippen LogP contribution in [0.25, 0.3) is 10.9 Å². The molecule has 2 aromatic rings. The molecular weight excluding hydrogens is 420 g/mol. The number of amides is 2. The largest absolute Gasteiger partial charge is 0.361 e. The highest BCUT2D eigenvalue weighted by Crippen LogP contribution is 2.38. The maximum Gasteiger partial charge on any atom is 0.248 e. The molecule has 27 heavy (non-hydrogen) atoms. The minimum Gasteiger partial charge on any atom is -0.361 e. The molecule has 0 radical (unpaired) electrons. The number of hydrogen-bond acceptors (Lipinski definition) is 2. The SMILES string of the molecule is O=C1NC(C2CCC(F)(F)CC2)C(=O)NC1Cc1c[nH]c2ccc(Br)cc12. The number of hydrogen-bond donors (Lipinski definition) is 3. The second-order valence-electron chi connectivity index (χ2n) is 7.45. The Kier molecular flexibility index (Phi) is 4.70. The van der Waals surface area contributed by atoms with Crippen molar-refractivity contribution in [2.75, 3.05) is 0 Å². The second-order valence-corrected chi connectivity index (χ2v) is 8.36. The molecule has 3 N–H and O–H groups in total. The number of aromatic amines is 1. The lowest BCUT2D eigenvalue weighted by Gasteiger charge is -2.37. The van der Waals surface area contributed by atoms with Crippen molar-refractivity contribution in [1.29, 1.82) is 0 Å². The van der Waals surface area contributed by atoms with Crippen molar-refractivity contribution in [2.24, 2.45) is 5.92 Å². The van der Waals surface area contributed by atoms with Gasteiger partial charge in [-0.3, -0.25) is 9.59 Å². The monoisotopic (exact) mass is 439 g/mol. The van der Waals surface area contributed by atoms with E-state index < -0.39 is 18.0 Å². The third-order valence-electron chi connectivity index (χ3n) is 5.60. The first kappa shape index (κ1) is 18.4. The summed E-state index contributed by atoms with van der Waals surface area (Å²) in [6.45, 7) is 0. The summed E-state index contributed by atoms with van der Waals surface area (Å²) in [6.07, 6.45) is 2.23. The molecule has 0 bridgehead atoms. The fourth-order valence-corrected chi connectivity index (χ4v) is 4.42. The molecule has 1 aliphatic heterocycles. The van der Waals surface area contributed by atoms with Gasteiger partial charge < -0.3 is 15.6 Å². The Morgan fingerprint density at radius 1 is 1.11 bits per heavy atom. The number of piperazine rings is 1. The smallest absolute Gasteiger partial charge is 0.248 e. The van der Waals surface area contributed by atoms with E-state index >= 15 is 0 Å². The molecule has 2 fully saturated rings. The number of benzene rings is 1. The molecule has 1 aromatic carbocycles. The number of H-pyrrole nitrogens is 1. The molecule has 1 aliphatic carbocycles. The summed E-state index contributed by atoms with van der Waals surface area (Å²) in [6, 6.07) is 4.45. The molecule has 4 rings (SSSR count). The van der Waals surface area contributed by atoms with E-state index in [0.29, 0.717) is 6.42 Å². The standard InChI is InChI=1S/C19H20BrF2N3O2/c20-12-1-2-14-13(8-12)11(9-23-14)7-15-17(26)25-16(18(27)24-15)10-3-5-19(21,22)6-4-10/h1-2,8-10,15-16,23H,3-7H2,(H,24,27)(H,25,26). The maximum atomic E-state index is 13.4. The van der Waals surface area contributed by atoms with Gasteiger partial charge in [-0.25, -0.2) is 8.78 Å². The zero-order valence-corrected chi connectivity index (χ0v) is 16.1. The van der Waals surface area contributed by atoms with Crippen molar-refractivity contribution in [1.82, 2.24) is 15.6 Å². The summed E-state index contributed by atoms with van der Waals surface area (Å²) >= 11 is 3.44. The van der Waals surface area contributed by atoms with Gasteiger partial charge in [-0.05, 0) is 42.5 Å². The Labute approximate surface area is 163 Å². The van der Waals surface area contributed by atoms with Crippen molar-refractivity contribution in [2.45, 2.75) is 50.1 Å². The normalized spacial score (nSPS) is 26.0. The van der Waals surface area contributed by atoms with Crippen LogP contribution in [0.3, 0.4) is 0 Å². The van der Waals surface area contributed by atoms with Gasteiger partial charge in [-0.15, -0.1) is 0 Å². The van der Waals surface area contributed by atoms with E-state index in [-0.39, 0.29) is 43.4 Å². The summed E-state index contributed by atoms with van der Waals surface area (Å²) in [7, 11) is 0. The molecule has 0 spiro atoms. The average Bonchev–Trinajstić information content (AvgIpc) is 3.00. The molecule has 2 amide bonds. The van der Waals surface area contributed by atoms with Gasteiger partial charge >= 0.3 is 0 Å². The first-order valence-electron chi connectivity index (χ1n) is 9.06. The summed E-state index contributed by atoms with van der Waals surface area (Å²) in [5, 5.41) is 6.55. The van der Waals surface area contributed by atoms with Crippen LogP contribution < -0.4 is 10.6 Å². The van der Waals surface area contributed by atoms with Crippen LogP contribution in [0.15, 0.2) is 28.9 Å². The maximum absolute atomic E-state index is 13.4. The highest BCUT2D eigenvalue weighted by atomic mass is 79.9. The molecule has 2 heterocycles. The predicted molar refractivity (Wildman–Crippen MR) is 100 cm³/mol. The molecule has 1 saturated carbocycles. The fraction of sp³-hybridized carbons (Fsp3) is 0.474. The van der Waals surface area contributed by atoms with E-state index in [1.807, 2.05) is 24.4 Å². The summed E-state index contributed by atoms with van der Waals surface area (Å²) in [5.74, 6) is -3.44. The van der Waals surface area contributed by atoms with Gasteiger partial charge in [0, 0.05) is 40.8 Å². The van der Waals surface area contributed by atoms with E-state index in [1.54, 1.807) is 0 Å². The lowest BCUT2D eigenvalue weighted by Crippen LogP contribution is -2.64. The van der Waals surface area contributed by atoms with Crippen LogP contribution in [0.1, 0.15) is 31.2 Å². The van der Waals surface area contributed by atoms with Crippen LogP contribution in [-0.2, 0) is 16.0 Å². The van der Waals surface area contributed by atoms with Crippen LogP contribution in [-0.4, -0.2) is 34.8 Å². The number of aromatic nitrogens is 1. The van der Waals surface area contributed by atoms with Crippen LogP contribution >= 0.6 is 15.9 Å². The molecule has 2 unspecified atom stereocenters. The van der Waals surface area contributed by atoms with Gasteiger partial charge in [0.05, 0.1) is 0 Å². The van der Waals surface area contributed by atoms with E-state index in [1.165, 1.54) is 0 Å². The number of fused-ring (bicyclic) bond motifs is 1. The fourth-order valence-electron chi connectivity index (χ4n) is 4.06. The molecule has 1 saturated heterocycles. The van der Waals surface area contributed by atoms with Gasteiger partial charge in [-0.2, -0.15) is 0 Å². The van der Waals surface area contributed by atoms with E-state index in [4.69, 9.17) is 0 Å². The summed E-state index contributed by atoms with van der Waals surface area (Å²) < 4.78 is 27.6. The minimum absolute atomic E-state index is 0.231. The van der Waals surface area contributed by atoms with Gasteiger partial charge in [-0.1, -0.05) is 15.9 Å². The first-order chi connectivity index (χ1) is 12.8. The summed E-state index contributed by atoms with van der Waals surface area (Å²) in [5.41, 5.74) is 1.89.